The lowest BCUT2D eigenvalue weighted by molar-refractivity contribution is 0.194. The minimum Gasteiger partial charge on any atom is -0.456 e. The minimum absolute atomic E-state index is 0.00415. The summed E-state index contributed by atoms with van der Waals surface area (Å²) in [4.78, 5) is 7.95. The van der Waals surface area contributed by atoms with Crippen molar-refractivity contribution in [3.63, 3.8) is 0 Å². The third kappa shape index (κ3) is 5.71. The molecule has 0 radical (unpaired) electrons. The fourth-order valence-corrected chi connectivity index (χ4v) is 13.1. The zero-order valence-electron chi connectivity index (χ0n) is 40.8. The lowest BCUT2D eigenvalue weighted by Gasteiger charge is -2.51. The van der Waals surface area contributed by atoms with Crippen LogP contribution in [0.15, 0.2) is 132 Å². The summed E-state index contributed by atoms with van der Waals surface area (Å²) in [5.41, 5.74) is 23.9. The highest BCUT2D eigenvalue weighted by Gasteiger charge is 2.58. The molecule has 1 aromatic heterocycles. The highest BCUT2D eigenvalue weighted by atomic mass is 16.3. The molecule has 4 aliphatic rings. The number of anilines is 8. The first-order valence-electron chi connectivity index (χ1n) is 24.4. The fraction of sp³-hybridized carbons (Fsp3) is 0.311. The van der Waals surface area contributed by atoms with Crippen LogP contribution >= 0.6 is 0 Å². The first-order chi connectivity index (χ1) is 31.5. The third-order valence-electron chi connectivity index (χ3n) is 16.5. The molecule has 7 aromatic carbocycles. The van der Waals surface area contributed by atoms with Crippen LogP contribution in [-0.2, 0) is 16.2 Å². The summed E-state index contributed by atoms with van der Waals surface area (Å²) < 4.78 is 6.58. The van der Waals surface area contributed by atoms with Crippen molar-refractivity contribution in [2.24, 2.45) is 0 Å². The molecule has 66 heavy (non-hydrogen) atoms. The molecule has 12 rings (SSSR count). The number of hydrogen-bond donors (Lipinski definition) is 0. The molecule has 4 nitrogen and oxygen atoms in total. The summed E-state index contributed by atoms with van der Waals surface area (Å²) in [6.07, 6.45) is 4.89. The number of benzene rings is 7. The van der Waals surface area contributed by atoms with Gasteiger partial charge >= 0.3 is 0 Å². The summed E-state index contributed by atoms with van der Waals surface area (Å²) in [5.74, 6) is 0. The maximum absolute atomic E-state index is 6.58. The Morgan fingerprint density at radius 2 is 1.18 bits per heavy atom. The zero-order chi connectivity index (χ0) is 45.8. The van der Waals surface area contributed by atoms with Gasteiger partial charge in [0.05, 0.1) is 16.6 Å². The van der Waals surface area contributed by atoms with Gasteiger partial charge in [0.2, 0.25) is 0 Å². The average Bonchev–Trinajstić information content (AvgIpc) is 3.75. The summed E-state index contributed by atoms with van der Waals surface area (Å²) in [7, 11) is 0. The summed E-state index contributed by atoms with van der Waals surface area (Å²) in [5, 5.41) is 2.28. The Bertz CT molecular complexity index is 3330. The smallest absolute Gasteiger partial charge is 0.252 e. The van der Waals surface area contributed by atoms with E-state index in [0.29, 0.717) is 0 Å². The van der Waals surface area contributed by atoms with Crippen molar-refractivity contribution in [2.75, 3.05) is 14.7 Å². The van der Waals surface area contributed by atoms with Gasteiger partial charge in [0.1, 0.15) is 11.2 Å². The Morgan fingerprint density at radius 1 is 0.530 bits per heavy atom. The molecule has 0 N–H and O–H groups in total. The van der Waals surface area contributed by atoms with E-state index in [1.165, 1.54) is 103 Å². The molecule has 330 valence electrons. The van der Waals surface area contributed by atoms with Crippen LogP contribution in [0.3, 0.4) is 0 Å². The zero-order valence-corrected chi connectivity index (χ0v) is 40.8. The molecule has 3 aliphatic heterocycles. The number of nitrogens with zero attached hydrogens (tertiary/aromatic N) is 3. The van der Waals surface area contributed by atoms with Crippen LogP contribution in [-0.4, -0.2) is 12.3 Å². The van der Waals surface area contributed by atoms with Gasteiger partial charge in [0, 0.05) is 50.6 Å². The first kappa shape index (κ1) is 41.3. The minimum atomic E-state index is -0.0618. The highest BCUT2D eigenvalue weighted by molar-refractivity contribution is 7.00. The lowest BCUT2D eigenvalue weighted by Crippen LogP contribution is -2.61. The molecular weight excluding hydrogens is 802 g/mol. The van der Waals surface area contributed by atoms with E-state index < -0.39 is 0 Å². The van der Waals surface area contributed by atoms with Crippen molar-refractivity contribution < 1.29 is 4.42 Å². The molecule has 5 heteroatoms. The van der Waals surface area contributed by atoms with Crippen molar-refractivity contribution in [1.82, 2.24) is 0 Å². The molecule has 2 unspecified atom stereocenters. The summed E-state index contributed by atoms with van der Waals surface area (Å²) in [6, 6.07) is 49.2. The van der Waals surface area contributed by atoms with Gasteiger partial charge in [-0.15, -0.1) is 0 Å². The van der Waals surface area contributed by atoms with E-state index in [1.807, 2.05) is 0 Å². The van der Waals surface area contributed by atoms with E-state index in [1.54, 1.807) is 5.56 Å². The van der Waals surface area contributed by atoms with Gasteiger partial charge in [-0.2, -0.15) is 0 Å². The van der Waals surface area contributed by atoms with Crippen LogP contribution in [0.5, 0.6) is 0 Å². The van der Waals surface area contributed by atoms with Crippen LogP contribution in [0.4, 0.5) is 45.5 Å². The van der Waals surface area contributed by atoms with Crippen molar-refractivity contribution in [3.05, 3.63) is 161 Å². The van der Waals surface area contributed by atoms with Crippen molar-refractivity contribution in [2.45, 2.75) is 124 Å². The van der Waals surface area contributed by atoms with Crippen molar-refractivity contribution >= 4 is 90.5 Å². The van der Waals surface area contributed by atoms with Crippen LogP contribution in [0.2, 0.25) is 0 Å². The predicted molar refractivity (Wildman–Crippen MR) is 282 cm³/mol. The van der Waals surface area contributed by atoms with E-state index >= 15 is 0 Å². The molecule has 0 bridgehead atoms. The number of hydrogen-bond acceptors (Lipinski definition) is 4. The van der Waals surface area contributed by atoms with E-state index in [2.05, 4.69) is 218 Å². The first-order valence-corrected chi connectivity index (χ1v) is 24.4. The summed E-state index contributed by atoms with van der Waals surface area (Å²) in [6.45, 7) is 26.0. The monoisotopic (exact) mass is 863 g/mol. The number of aryl methyl sites for hydroxylation is 3. The second kappa shape index (κ2) is 13.9. The predicted octanol–water partition coefficient (Wildman–Crippen LogP) is 14.9. The van der Waals surface area contributed by atoms with Crippen molar-refractivity contribution in [1.29, 1.82) is 0 Å². The lowest BCUT2D eigenvalue weighted by atomic mass is 9.33. The normalized spacial score (nSPS) is 19.8. The van der Waals surface area contributed by atoms with Crippen LogP contribution in [0.1, 0.15) is 114 Å². The Balaban J connectivity index is 1.16. The third-order valence-corrected chi connectivity index (χ3v) is 16.5. The molecule has 1 fully saturated rings. The maximum Gasteiger partial charge on any atom is 0.252 e. The molecular formula is C61H62BN3O. The van der Waals surface area contributed by atoms with Gasteiger partial charge in [-0.1, -0.05) is 122 Å². The molecule has 1 aliphatic carbocycles. The van der Waals surface area contributed by atoms with E-state index in [0.717, 1.165) is 34.0 Å². The second-order valence-corrected chi connectivity index (χ2v) is 22.8. The van der Waals surface area contributed by atoms with E-state index in [4.69, 9.17) is 4.42 Å². The highest BCUT2D eigenvalue weighted by Crippen LogP contribution is 2.62. The van der Waals surface area contributed by atoms with Gasteiger partial charge in [-0.25, -0.2) is 0 Å². The standard InChI is InChI=1S/C61H62BN3O/c1-37-31-39(3)56-50(32-37)65(61(11)30-15-14-29-60(56,61)10)43-26-27-45-49(36-43)63(42-24-21-40(22-25-42)58(4,5)6)51-33-38(2)34-52-57(51)62(45)46-35-41(59(7,8)9)23-28-47(46)64(52)48-18-16-20-54-55(48)44-17-12-13-19-53(44)66-54/h12-13,16-28,31-36H,14-15,29-30H2,1-11H3. The quantitative estimate of drug-likeness (QED) is 0.165. The number of rotatable bonds is 3. The average molecular weight is 864 g/mol. The fourth-order valence-electron chi connectivity index (χ4n) is 13.1. The van der Waals surface area contributed by atoms with Gasteiger partial charge in [-0.3, -0.25) is 0 Å². The Labute approximate surface area is 392 Å². The second-order valence-electron chi connectivity index (χ2n) is 22.8. The maximum atomic E-state index is 6.58. The van der Waals surface area contributed by atoms with Gasteiger partial charge in [-0.05, 0) is 168 Å². The largest absolute Gasteiger partial charge is 0.456 e. The molecule has 0 amide bonds. The van der Waals surface area contributed by atoms with Gasteiger partial charge in [0.15, 0.2) is 0 Å². The van der Waals surface area contributed by atoms with Crippen LogP contribution in [0, 0.1) is 20.8 Å². The Hall–Kier alpha value is -6.20. The number of furan rings is 1. The van der Waals surface area contributed by atoms with Crippen molar-refractivity contribution in [3.8, 4) is 0 Å². The molecule has 1 saturated carbocycles. The molecule has 4 heterocycles. The summed E-state index contributed by atoms with van der Waals surface area (Å²) >= 11 is 0. The van der Waals surface area contributed by atoms with Crippen LogP contribution in [0.25, 0.3) is 21.9 Å². The van der Waals surface area contributed by atoms with Gasteiger partial charge in [0.25, 0.3) is 6.71 Å². The van der Waals surface area contributed by atoms with Gasteiger partial charge < -0.3 is 19.1 Å². The topological polar surface area (TPSA) is 22.9 Å². The van der Waals surface area contributed by atoms with E-state index in [-0.39, 0.29) is 28.5 Å². The van der Waals surface area contributed by atoms with E-state index in [9.17, 15) is 0 Å². The molecule has 8 aromatic rings. The Kier molecular flexibility index (Phi) is 8.70. The van der Waals surface area contributed by atoms with Crippen LogP contribution < -0.4 is 31.1 Å². The Morgan fingerprint density at radius 3 is 1.94 bits per heavy atom. The number of para-hydroxylation sites is 1. The number of fused-ring (bicyclic) bond motifs is 10. The molecule has 0 spiro atoms. The molecule has 2 atom stereocenters. The molecule has 0 saturated heterocycles. The SMILES string of the molecule is Cc1cc2c3c(c1)N(c1cccc4oc5ccccc5c14)c1ccc(C(C)(C)C)cc1B3c1ccc(N3c4cc(C)cc(C)c4C4(C)CCCCC34C)cc1N2c1ccc(C(C)(C)C)cc1.